The molecule has 10 unspecified atom stereocenters. The highest BCUT2D eigenvalue weighted by molar-refractivity contribution is 4.98. The van der Waals surface area contributed by atoms with E-state index in [9.17, 15) is 35.7 Å². The fraction of sp³-hybridized carbons (Fsp3) is 0.938. The molecule has 0 radical (unpaired) electrons. The van der Waals surface area contributed by atoms with E-state index in [0.717, 1.165) is 0 Å². The number of rotatable bonds is 6. The van der Waals surface area contributed by atoms with Crippen molar-refractivity contribution in [1.29, 1.82) is 5.26 Å². The summed E-state index contributed by atoms with van der Waals surface area (Å²) in [5.41, 5.74) is -1.40. The van der Waals surface area contributed by atoms with Crippen molar-refractivity contribution in [2.45, 2.75) is 80.9 Å². The monoisotopic (exact) mass is 409 g/mol. The zero-order valence-electron chi connectivity index (χ0n) is 15.4. The van der Waals surface area contributed by atoms with Crippen LogP contribution in [0.4, 0.5) is 0 Å². The molecule has 2 aliphatic rings. The fourth-order valence-corrected chi connectivity index (χ4v) is 2.95. The van der Waals surface area contributed by atoms with Crippen molar-refractivity contribution in [3.05, 3.63) is 0 Å². The molecule has 2 aliphatic heterocycles. The molecule has 2 heterocycles. The fourth-order valence-electron chi connectivity index (χ4n) is 2.95. The lowest BCUT2D eigenvalue weighted by Gasteiger charge is -2.46. The molecule has 2 fully saturated rings. The Kier molecular flexibility index (Phi) is 7.70. The number of hydrogen-bond acceptors (Lipinski definition) is 12. The number of aliphatic hydroxyl groups excluding tert-OH is 7. The van der Waals surface area contributed by atoms with Crippen molar-refractivity contribution >= 4 is 0 Å². The summed E-state index contributed by atoms with van der Waals surface area (Å²) in [7, 11) is 0. The Balaban J connectivity index is 2.24. The van der Waals surface area contributed by atoms with Gasteiger partial charge in [-0.2, -0.15) is 5.26 Å². The molecule has 0 aromatic heterocycles. The highest BCUT2D eigenvalue weighted by Gasteiger charge is 2.51. The maximum Gasteiger partial charge on any atom is 0.189 e. The molecule has 2 rings (SSSR count). The molecule has 28 heavy (non-hydrogen) atoms. The van der Waals surface area contributed by atoms with Gasteiger partial charge in [-0.05, 0) is 13.8 Å². The van der Waals surface area contributed by atoms with Gasteiger partial charge in [-0.3, -0.25) is 0 Å². The van der Waals surface area contributed by atoms with E-state index in [2.05, 4.69) is 0 Å². The molecule has 0 aliphatic carbocycles. The van der Waals surface area contributed by atoms with E-state index in [-0.39, 0.29) is 0 Å². The summed E-state index contributed by atoms with van der Waals surface area (Å²) in [6.07, 6.45) is -15.5. The number of aliphatic hydroxyl groups is 7. The standard InChI is InChI=1S/C16H27NO11/c1-16(2,5-17)28-15-13(11(23)9(21)7(4-19)26-15)27-14-12(24)10(22)8(20)6(3-18)25-14/h6-15,18-24H,3-4H2,1-2H3. The van der Waals surface area contributed by atoms with Crippen LogP contribution in [0.3, 0.4) is 0 Å². The first-order valence-electron chi connectivity index (χ1n) is 8.73. The lowest BCUT2D eigenvalue weighted by atomic mass is 9.97. The molecule has 7 N–H and O–H groups in total. The van der Waals surface area contributed by atoms with Crippen molar-refractivity contribution in [2.24, 2.45) is 0 Å². The summed E-state index contributed by atoms with van der Waals surface area (Å²) >= 11 is 0. The number of nitriles is 1. The summed E-state index contributed by atoms with van der Waals surface area (Å²) in [6.45, 7) is 1.47. The Labute approximate surface area is 161 Å². The van der Waals surface area contributed by atoms with Crippen LogP contribution in [0.15, 0.2) is 0 Å². The Bertz CT molecular complexity index is 553. The van der Waals surface area contributed by atoms with Crippen LogP contribution >= 0.6 is 0 Å². The minimum absolute atomic E-state index is 0.655. The Morgan fingerprint density at radius 3 is 1.82 bits per heavy atom. The Morgan fingerprint density at radius 2 is 1.32 bits per heavy atom. The molecule has 10 atom stereocenters. The first-order chi connectivity index (χ1) is 13.1. The summed E-state index contributed by atoms with van der Waals surface area (Å²) in [5, 5.41) is 78.0. The van der Waals surface area contributed by atoms with E-state index >= 15 is 0 Å². The Hall–Kier alpha value is -0.950. The molecule has 0 spiro atoms. The minimum atomic E-state index is -1.76. The predicted octanol–water partition coefficient (Wildman–Crippen LogP) is -4.07. The van der Waals surface area contributed by atoms with Gasteiger partial charge in [0.15, 0.2) is 18.2 Å². The van der Waals surface area contributed by atoms with E-state index in [1.54, 1.807) is 0 Å². The van der Waals surface area contributed by atoms with Gasteiger partial charge in [-0.25, -0.2) is 0 Å². The van der Waals surface area contributed by atoms with Gasteiger partial charge in [0.1, 0.15) is 48.8 Å². The molecule has 12 heteroatoms. The highest BCUT2D eigenvalue weighted by atomic mass is 16.8. The van der Waals surface area contributed by atoms with Crippen LogP contribution in [0.1, 0.15) is 13.8 Å². The quantitative estimate of drug-likeness (QED) is 0.224. The SMILES string of the molecule is CC(C)(C#N)OC1OC(CO)C(O)C(O)C1OC1OC(CO)C(O)C(O)C1O. The van der Waals surface area contributed by atoms with Crippen LogP contribution in [0.5, 0.6) is 0 Å². The third-order valence-corrected chi connectivity index (χ3v) is 4.64. The van der Waals surface area contributed by atoms with Crippen molar-refractivity contribution in [2.75, 3.05) is 13.2 Å². The smallest absolute Gasteiger partial charge is 0.189 e. The van der Waals surface area contributed by atoms with E-state index < -0.39 is 80.2 Å². The second-order valence-electron chi connectivity index (χ2n) is 7.24. The molecule has 0 bridgehead atoms. The van der Waals surface area contributed by atoms with E-state index in [1.807, 2.05) is 6.07 Å². The van der Waals surface area contributed by atoms with Crippen LogP contribution in [-0.4, -0.2) is 116 Å². The van der Waals surface area contributed by atoms with Gasteiger partial charge in [-0.15, -0.1) is 0 Å². The molecule has 162 valence electrons. The minimum Gasteiger partial charge on any atom is -0.394 e. The van der Waals surface area contributed by atoms with E-state index in [4.69, 9.17) is 24.2 Å². The maximum atomic E-state index is 10.4. The Morgan fingerprint density at radius 1 is 0.821 bits per heavy atom. The lowest BCUT2D eigenvalue weighted by Crippen LogP contribution is -2.65. The normalized spacial score (nSPS) is 44.9. The third kappa shape index (κ3) is 4.78. The topological polar surface area (TPSA) is 202 Å². The van der Waals surface area contributed by atoms with Gasteiger partial charge in [0, 0.05) is 0 Å². The summed E-state index contributed by atoms with van der Waals surface area (Å²) in [4.78, 5) is 0. The second-order valence-corrected chi connectivity index (χ2v) is 7.24. The first kappa shape index (κ1) is 23.3. The van der Waals surface area contributed by atoms with Crippen LogP contribution in [0.25, 0.3) is 0 Å². The van der Waals surface area contributed by atoms with Gasteiger partial charge in [0.05, 0.1) is 19.3 Å². The third-order valence-electron chi connectivity index (χ3n) is 4.64. The molecule has 12 nitrogen and oxygen atoms in total. The molecule has 0 aromatic rings. The molecule has 2 saturated heterocycles. The lowest BCUT2D eigenvalue weighted by molar-refractivity contribution is -0.374. The number of hydrogen-bond donors (Lipinski definition) is 7. The number of nitrogens with zero attached hydrogens (tertiary/aromatic N) is 1. The highest BCUT2D eigenvalue weighted by Crippen LogP contribution is 2.31. The molecular formula is C16H27NO11. The average Bonchev–Trinajstić information content (AvgIpc) is 2.67. The zero-order valence-corrected chi connectivity index (χ0v) is 15.4. The van der Waals surface area contributed by atoms with E-state index in [0.29, 0.717) is 0 Å². The van der Waals surface area contributed by atoms with Gasteiger partial charge in [0.25, 0.3) is 0 Å². The zero-order chi connectivity index (χ0) is 21.2. The van der Waals surface area contributed by atoms with Crippen LogP contribution in [0, 0.1) is 11.3 Å². The van der Waals surface area contributed by atoms with Crippen molar-refractivity contribution in [3.8, 4) is 6.07 Å². The van der Waals surface area contributed by atoms with Crippen LogP contribution in [0.2, 0.25) is 0 Å². The molecule has 0 aromatic carbocycles. The molecule has 0 saturated carbocycles. The van der Waals surface area contributed by atoms with Crippen LogP contribution in [-0.2, 0) is 18.9 Å². The largest absolute Gasteiger partial charge is 0.394 e. The second kappa shape index (κ2) is 9.24. The van der Waals surface area contributed by atoms with Gasteiger partial charge in [-0.1, -0.05) is 0 Å². The van der Waals surface area contributed by atoms with Gasteiger partial charge in [0.2, 0.25) is 0 Å². The molecular weight excluding hydrogens is 382 g/mol. The summed E-state index contributed by atoms with van der Waals surface area (Å²) < 4.78 is 21.6. The van der Waals surface area contributed by atoms with Gasteiger partial charge < -0.3 is 54.7 Å². The predicted molar refractivity (Wildman–Crippen MR) is 87.2 cm³/mol. The summed E-state index contributed by atoms with van der Waals surface area (Å²) in [6, 6.07) is 1.86. The van der Waals surface area contributed by atoms with Gasteiger partial charge >= 0.3 is 0 Å². The molecule has 0 amide bonds. The maximum absolute atomic E-state index is 10.4. The summed E-state index contributed by atoms with van der Waals surface area (Å²) in [5.74, 6) is 0. The average molecular weight is 409 g/mol. The number of ether oxygens (including phenoxy) is 4. The van der Waals surface area contributed by atoms with Crippen LogP contribution < -0.4 is 0 Å². The van der Waals surface area contributed by atoms with Crippen molar-refractivity contribution in [3.63, 3.8) is 0 Å². The van der Waals surface area contributed by atoms with Crippen molar-refractivity contribution < 1.29 is 54.7 Å². The first-order valence-corrected chi connectivity index (χ1v) is 8.73. The van der Waals surface area contributed by atoms with E-state index in [1.165, 1.54) is 13.8 Å². The van der Waals surface area contributed by atoms with Crippen molar-refractivity contribution in [1.82, 2.24) is 0 Å².